The molecule has 0 fully saturated rings. The Morgan fingerprint density at radius 2 is 2.10 bits per heavy atom. The molecule has 1 rings (SSSR count). The maximum atomic E-state index is 12.4. The van der Waals surface area contributed by atoms with Crippen molar-refractivity contribution in [1.82, 2.24) is 4.90 Å². The second-order valence-electron chi connectivity index (χ2n) is 4.75. The number of nitrogens with zero attached hydrogens (tertiary/aromatic N) is 2. The number of carbonyl (C=O) groups excluding carboxylic acids is 1. The fraction of sp³-hybridized carbons (Fsp3) is 0.500. The first-order valence-corrected chi connectivity index (χ1v) is 7.02. The van der Waals surface area contributed by atoms with Crippen molar-refractivity contribution < 1.29 is 9.72 Å². The Morgan fingerprint density at radius 3 is 2.60 bits per heavy atom. The largest absolute Gasteiger partial charge is 0.339 e. The van der Waals surface area contributed by atoms with E-state index in [1.807, 2.05) is 6.92 Å². The van der Waals surface area contributed by atoms with Crippen molar-refractivity contribution in [3.63, 3.8) is 0 Å². The summed E-state index contributed by atoms with van der Waals surface area (Å²) in [6.45, 7) is 7.16. The van der Waals surface area contributed by atoms with Gasteiger partial charge in [0.25, 0.3) is 11.6 Å². The highest BCUT2D eigenvalue weighted by Gasteiger charge is 2.23. The van der Waals surface area contributed by atoms with Gasteiger partial charge in [0.05, 0.1) is 10.5 Å². The van der Waals surface area contributed by atoms with Crippen LogP contribution in [0.5, 0.6) is 0 Å². The molecule has 0 spiro atoms. The van der Waals surface area contributed by atoms with Gasteiger partial charge < -0.3 is 4.90 Å². The normalized spacial score (nSPS) is 12.0. The number of halogens is 1. The Morgan fingerprint density at radius 1 is 1.45 bits per heavy atom. The van der Waals surface area contributed by atoms with Crippen molar-refractivity contribution in [3.05, 3.63) is 38.9 Å². The van der Waals surface area contributed by atoms with E-state index in [1.54, 1.807) is 4.90 Å². The number of nitro benzene ring substituents is 1. The molecule has 20 heavy (non-hydrogen) atoms. The Bertz CT molecular complexity index is 505. The molecule has 0 aromatic heterocycles. The summed E-state index contributed by atoms with van der Waals surface area (Å²) in [4.78, 5) is 24.4. The van der Waals surface area contributed by atoms with Gasteiger partial charge in [-0.25, -0.2) is 0 Å². The van der Waals surface area contributed by atoms with E-state index in [4.69, 9.17) is 11.6 Å². The molecule has 0 heterocycles. The highest BCUT2D eigenvalue weighted by Crippen LogP contribution is 2.28. The minimum atomic E-state index is -0.579. The molecule has 6 heteroatoms. The minimum absolute atomic E-state index is 0.0925. The number of hydrogen-bond donors (Lipinski definition) is 0. The lowest BCUT2D eigenvalue weighted by molar-refractivity contribution is -0.384. The highest BCUT2D eigenvalue weighted by atomic mass is 35.5. The average Bonchev–Trinajstić information content (AvgIpc) is 2.43. The van der Waals surface area contributed by atoms with Crippen LogP contribution in [0.25, 0.3) is 0 Å². The van der Waals surface area contributed by atoms with Gasteiger partial charge in [-0.15, -0.1) is 0 Å². The summed E-state index contributed by atoms with van der Waals surface area (Å²) in [6.07, 6.45) is 0.965. The van der Waals surface area contributed by atoms with Gasteiger partial charge in [-0.2, -0.15) is 0 Å². The first-order valence-electron chi connectivity index (χ1n) is 6.64. The Kier molecular flexibility index (Phi) is 5.95. The Labute approximate surface area is 123 Å². The molecular weight excluding hydrogens is 280 g/mol. The number of benzene rings is 1. The number of amides is 1. The molecule has 0 N–H and O–H groups in total. The smallest absolute Gasteiger partial charge is 0.288 e. The number of carbonyl (C=O) groups is 1. The molecule has 0 saturated carbocycles. The Hall–Kier alpha value is -1.62. The van der Waals surface area contributed by atoms with Gasteiger partial charge >= 0.3 is 0 Å². The summed E-state index contributed by atoms with van der Waals surface area (Å²) in [6, 6.07) is 4.30. The van der Waals surface area contributed by atoms with Crippen molar-refractivity contribution in [3.8, 4) is 0 Å². The summed E-state index contributed by atoms with van der Waals surface area (Å²) >= 11 is 5.98. The van der Waals surface area contributed by atoms with Crippen molar-refractivity contribution in [2.24, 2.45) is 5.92 Å². The lowest BCUT2D eigenvalue weighted by Crippen LogP contribution is -2.34. The van der Waals surface area contributed by atoms with Crippen molar-refractivity contribution >= 4 is 23.2 Å². The molecule has 1 unspecified atom stereocenters. The van der Waals surface area contributed by atoms with Crippen molar-refractivity contribution in [1.29, 1.82) is 0 Å². The van der Waals surface area contributed by atoms with Crippen LogP contribution in [-0.4, -0.2) is 28.8 Å². The molecule has 1 amide bonds. The van der Waals surface area contributed by atoms with Gasteiger partial charge in [-0.05, 0) is 18.9 Å². The zero-order chi connectivity index (χ0) is 15.3. The van der Waals surface area contributed by atoms with Gasteiger partial charge in [-0.3, -0.25) is 14.9 Å². The lowest BCUT2D eigenvalue weighted by Gasteiger charge is -2.24. The maximum absolute atomic E-state index is 12.4. The predicted octanol–water partition coefficient (Wildman–Crippen LogP) is 3.76. The van der Waals surface area contributed by atoms with Gasteiger partial charge in [0.15, 0.2) is 0 Å². The number of hydrogen-bond acceptors (Lipinski definition) is 3. The third-order valence-electron chi connectivity index (χ3n) is 3.30. The van der Waals surface area contributed by atoms with Gasteiger partial charge in [0, 0.05) is 19.2 Å². The SMILES string of the molecule is CCC(C)CN(CC)C(=O)c1cccc([N+](=O)[O-])c1Cl. The van der Waals surface area contributed by atoms with E-state index in [9.17, 15) is 14.9 Å². The van der Waals surface area contributed by atoms with Crippen LogP contribution >= 0.6 is 11.6 Å². The monoisotopic (exact) mass is 298 g/mol. The van der Waals surface area contributed by atoms with Crippen LogP contribution in [-0.2, 0) is 0 Å². The third kappa shape index (κ3) is 3.70. The van der Waals surface area contributed by atoms with E-state index in [2.05, 4.69) is 13.8 Å². The van der Waals surface area contributed by atoms with Crippen LogP contribution in [0.4, 0.5) is 5.69 Å². The van der Waals surface area contributed by atoms with E-state index in [1.165, 1.54) is 18.2 Å². The van der Waals surface area contributed by atoms with Crippen LogP contribution < -0.4 is 0 Å². The van der Waals surface area contributed by atoms with E-state index >= 15 is 0 Å². The van der Waals surface area contributed by atoms with Crippen molar-refractivity contribution in [2.45, 2.75) is 27.2 Å². The van der Waals surface area contributed by atoms with Gasteiger partial charge in [0.2, 0.25) is 0 Å². The zero-order valence-corrected chi connectivity index (χ0v) is 12.7. The molecule has 1 aromatic rings. The Balaban J connectivity index is 3.07. The molecular formula is C14H19ClN2O3. The molecule has 1 aromatic carbocycles. The summed E-state index contributed by atoms with van der Waals surface area (Å²) in [5, 5.41) is 10.8. The van der Waals surface area contributed by atoms with Crippen LogP contribution in [0, 0.1) is 16.0 Å². The molecule has 0 saturated heterocycles. The lowest BCUT2D eigenvalue weighted by atomic mass is 10.1. The standard InChI is InChI=1S/C14H19ClN2O3/c1-4-10(3)9-16(5-2)14(18)11-7-6-8-12(13(11)15)17(19)20/h6-8,10H,4-5,9H2,1-3H3. The van der Waals surface area contributed by atoms with Gasteiger partial charge in [0.1, 0.15) is 5.02 Å². The highest BCUT2D eigenvalue weighted by molar-refractivity contribution is 6.35. The number of nitro groups is 1. The first-order chi connectivity index (χ1) is 9.42. The molecule has 0 aliphatic rings. The average molecular weight is 299 g/mol. The fourth-order valence-corrected chi connectivity index (χ4v) is 2.13. The first kappa shape index (κ1) is 16.4. The molecule has 5 nitrogen and oxygen atoms in total. The van der Waals surface area contributed by atoms with Crippen LogP contribution in [0.15, 0.2) is 18.2 Å². The quantitative estimate of drug-likeness (QED) is 0.593. The minimum Gasteiger partial charge on any atom is -0.339 e. The summed E-state index contributed by atoms with van der Waals surface area (Å²) in [5.41, 5.74) is -0.0527. The molecule has 110 valence electrons. The molecule has 0 bridgehead atoms. The molecule has 1 atom stereocenters. The summed E-state index contributed by atoms with van der Waals surface area (Å²) in [5.74, 6) is 0.109. The second-order valence-corrected chi connectivity index (χ2v) is 5.13. The summed E-state index contributed by atoms with van der Waals surface area (Å²) < 4.78 is 0. The number of rotatable bonds is 6. The topological polar surface area (TPSA) is 63.5 Å². The van der Waals surface area contributed by atoms with E-state index < -0.39 is 4.92 Å². The van der Waals surface area contributed by atoms with E-state index in [0.29, 0.717) is 19.0 Å². The van der Waals surface area contributed by atoms with E-state index in [-0.39, 0.29) is 22.2 Å². The second kappa shape index (κ2) is 7.24. The fourth-order valence-electron chi connectivity index (χ4n) is 1.86. The maximum Gasteiger partial charge on any atom is 0.288 e. The van der Waals surface area contributed by atoms with Gasteiger partial charge in [-0.1, -0.05) is 37.9 Å². The summed E-state index contributed by atoms with van der Waals surface area (Å²) in [7, 11) is 0. The van der Waals surface area contributed by atoms with Crippen LogP contribution in [0.2, 0.25) is 5.02 Å². The van der Waals surface area contributed by atoms with Crippen LogP contribution in [0.1, 0.15) is 37.6 Å². The van der Waals surface area contributed by atoms with Crippen LogP contribution in [0.3, 0.4) is 0 Å². The molecule has 0 aliphatic carbocycles. The van der Waals surface area contributed by atoms with E-state index in [0.717, 1.165) is 6.42 Å². The van der Waals surface area contributed by atoms with Crippen molar-refractivity contribution in [2.75, 3.05) is 13.1 Å². The predicted molar refractivity (Wildman–Crippen MR) is 79.1 cm³/mol. The zero-order valence-electron chi connectivity index (χ0n) is 11.9. The molecule has 0 aliphatic heterocycles. The molecule has 0 radical (unpaired) electrons. The third-order valence-corrected chi connectivity index (χ3v) is 3.70.